The van der Waals surface area contributed by atoms with Gasteiger partial charge in [-0.1, -0.05) is 152 Å². The maximum atomic E-state index is 10.1. The first-order chi connectivity index (χ1) is 36.1. The lowest BCUT2D eigenvalue weighted by Gasteiger charge is -2.42. The summed E-state index contributed by atoms with van der Waals surface area (Å²) in [5, 5.41) is 2.07. The van der Waals surface area contributed by atoms with Gasteiger partial charge in [0, 0.05) is 51.4 Å². The molecule has 5 heteroatoms. The fourth-order valence-electron chi connectivity index (χ4n) is 10.5. The van der Waals surface area contributed by atoms with Gasteiger partial charge in [-0.05, 0) is 136 Å². The van der Waals surface area contributed by atoms with Crippen molar-refractivity contribution in [2.24, 2.45) is 11.8 Å². The molecule has 0 amide bonds. The molecule has 0 atom stereocenters. The molecule has 1 aliphatic carbocycles. The minimum absolute atomic E-state index is 0.0317. The topological polar surface area (TPSA) is 33.5 Å². The number of fused-ring (bicyclic) bond motifs is 5. The third-order valence-corrected chi connectivity index (χ3v) is 13.9. The second-order valence-corrected chi connectivity index (χ2v) is 20.7. The van der Waals surface area contributed by atoms with Gasteiger partial charge in [0.2, 0.25) is 0 Å². The first-order valence-corrected chi connectivity index (χ1v) is 24.4. The number of hydrogen-bond acceptors (Lipinski definition) is 4. The Kier molecular flexibility index (Phi) is 9.32. The largest absolute Gasteiger partial charge is 0.457 e. The second kappa shape index (κ2) is 17.4. The van der Waals surface area contributed by atoms with E-state index in [1.807, 2.05) is 125 Å². The van der Waals surface area contributed by atoms with Crippen molar-refractivity contribution in [2.45, 2.75) is 91.8 Å². The molecule has 11 rings (SSSR count). The summed E-state index contributed by atoms with van der Waals surface area (Å²) in [5.41, 5.74) is 10.1. The van der Waals surface area contributed by atoms with Crippen molar-refractivity contribution in [3.05, 3.63) is 192 Å². The van der Waals surface area contributed by atoms with Gasteiger partial charge in [-0.15, -0.1) is 0 Å². The molecular weight excluding hydrogens is 841 g/mol. The van der Waals surface area contributed by atoms with Crippen molar-refractivity contribution in [3.8, 4) is 39.6 Å². The molecule has 0 bridgehead atoms. The zero-order valence-electron chi connectivity index (χ0n) is 47.9. The molecule has 0 saturated carbocycles. The Labute approximate surface area is 418 Å². The lowest BCUT2D eigenvalue weighted by Crippen LogP contribution is -2.33. The SMILES string of the molecule is [2H]c1c([2H])c2c(c([2H])c1-c1cccc(-c3cccc(C([2H])([2H])C(C)C)c3)c1N1CN(c3cccc(Oc4ccc5c6ccccc6n(-c6cc(C([2H])([2H])C(C)C)ccn6)c5c4)c3)c3ccccc31)C(C)(C)CCC2(C)C. The van der Waals surface area contributed by atoms with Crippen LogP contribution >= 0.6 is 0 Å². The van der Waals surface area contributed by atoms with Crippen molar-refractivity contribution in [1.82, 2.24) is 9.55 Å². The summed E-state index contributed by atoms with van der Waals surface area (Å²) in [6.45, 7) is 16.5. The summed E-state index contributed by atoms with van der Waals surface area (Å²) < 4.78 is 74.5. The van der Waals surface area contributed by atoms with E-state index in [1.54, 1.807) is 12.3 Å². The van der Waals surface area contributed by atoms with Crippen LogP contribution in [0.5, 0.6) is 11.5 Å². The van der Waals surface area contributed by atoms with Crippen LogP contribution in [0.15, 0.2) is 170 Å². The van der Waals surface area contributed by atoms with Gasteiger partial charge in [-0.25, -0.2) is 4.98 Å². The highest BCUT2D eigenvalue weighted by atomic mass is 16.5. The number of nitrogens with zero attached hydrogens (tertiary/aromatic N) is 4. The molecule has 5 nitrogen and oxygen atoms in total. The van der Waals surface area contributed by atoms with Gasteiger partial charge in [0.25, 0.3) is 0 Å². The molecule has 69 heavy (non-hydrogen) atoms. The van der Waals surface area contributed by atoms with Crippen LogP contribution in [-0.2, 0) is 23.6 Å². The van der Waals surface area contributed by atoms with Crippen LogP contribution in [0.2, 0.25) is 0 Å². The van der Waals surface area contributed by atoms with Gasteiger partial charge in [0.1, 0.15) is 24.0 Å². The van der Waals surface area contributed by atoms with Crippen molar-refractivity contribution in [2.75, 3.05) is 16.5 Å². The number of ether oxygens (including phenoxy) is 1. The maximum absolute atomic E-state index is 10.1. The maximum Gasteiger partial charge on any atom is 0.137 e. The molecule has 346 valence electrons. The van der Waals surface area contributed by atoms with Crippen LogP contribution in [0.3, 0.4) is 0 Å². The molecule has 0 fully saturated rings. The molecule has 0 unspecified atom stereocenters. The number of benzene rings is 7. The Morgan fingerprint density at radius 3 is 2.03 bits per heavy atom. The molecule has 1 aliphatic heterocycles. The van der Waals surface area contributed by atoms with Gasteiger partial charge in [-0.3, -0.25) is 4.57 Å². The summed E-state index contributed by atoms with van der Waals surface area (Å²) >= 11 is 0. The molecular formula is C64H64N4O. The fourth-order valence-corrected chi connectivity index (χ4v) is 10.5. The third kappa shape index (κ3) is 8.26. The highest BCUT2D eigenvalue weighted by molar-refractivity contribution is 6.09. The van der Waals surface area contributed by atoms with E-state index in [-0.39, 0.29) is 35.4 Å². The second-order valence-electron chi connectivity index (χ2n) is 20.7. The summed E-state index contributed by atoms with van der Waals surface area (Å²) in [6, 6.07) is 48.3. The minimum Gasteiger partial charge on any atom is -0.457 e. The Morgan fingerprint density at radius 2 is 1.25 bits per heavy atom. The van der Waals surface area contributed by atoms with Crippen molar-refractivity contribution < 1.29 is 14.3 Å². The number of anilines is 4. The van der Waals surface area contributed by atoms with E-state index in [0.29, 0.717) is 46.2 Å². The van der Waals surface area contributed by atoms with Crippen LogP contribution in [-0.4, -0.2) is 16.2 Å². The van der Waals surface area contributed by atoms with Crippen LogP contribution in [0, 0.1) is 11.8 Å². The van der Waals surface area contributed by atoms with E-state index in [1.165, 1.54) is 0 Å². The average Bonchev–Trinajstić information content (AvgIpc) is 3.98. The van der Waals surface area contributed by atoms with Crippen LogP contribution in [0.4, 0.5) is 22.7 Å². The van der Waals surface area contributed by atoms with Gasteiger partial charge < -0.3 is 14.5 Å². The molecule has 0 spiro atoms. The normalized spacial score (nSPS) is 16.9. The predicted molar refractivity (Wildman–Crippen MR) is 290 cm³/mol. The fraction of sp³-hybridized carbons (Fsp3) is 0.266. The lowest BCUT2D eigenvalue weighted by molar-refractivity contribution is 0.332. The number of pyridine rings is 1. The Hall–Kier alpha value is -7.11. The molecule has 7 aromatic carbocycles. The van der Waals surface area contributed by atoms with E-state index in [9.17, 15) is 4.11 Å². The van der Waals surface area contributed by atoms with E-state index in [2.05, 4.69) is 84.5 Å². The summed E-state index contributed by atoms with van der Waals surface area (Å²) in [5.74, 6) is 1.36. The van der Waals surface area contributed by atoms with Crippen molar-refractivity contribution in [3.63, 3.8) is 0 Å². The van der Waals surface area contributed by atoms with Crippen LogP contribution < -0.4 is 14.5 Å². The number of para-hydroxylation sites is 4. The standard InChI is InChI=1S/C64H64N4O/c1-42(2)34-44-16-13-17-46(36-44)51-21-15-22-52(47-26-29-55-56(38-47)64(7,8)32-31-63(55,5)6)62(51)67-41-66(58-24-11-12-25-59(58)67)48-18-14-19-49(39-48)69-50-27-28-54-53-20-9-10-23-57(53)68(60(54)40-50)61-37-45(30-33-65-61)35-43(3)4/h9-30,33,36-40,42-43H,31-32,34-35,41H2,1-8H3/i26D,29D,34D2,35D2,38D. The quantitative estimate of drug-likeness (QED) is 0.129. The molecule has 9 aromatic rings. The average molecular weight is 912 g/mol. The number of rotatable bonds is 11. The number of hydrogen-bond donors (Lipinski definition) is 0. The van der Waals surface area contributed by atoms with Crippen LogP contribution in [0.1, 0.15) is 100 Å². The van der Waals surface area contributed by atoms with E-state index < -0.39 is 18.2 Å². The molecule has 0 N–H and O–H groups in total. The Morgan fingerprint density at radius 1 is 0.594 bits per heavy atom. The zero-order chi connectivity index (χ0) is 53.8. The van der Waals surface area contributed by atoms with E-state index in [4.69, 9.17) is 15.2 Å². The molecule has 2 aromatic heterocycles. The minimum atomic E-state index is -1.60. The monoisotopic (exact) mass is 912 g/mol. The van der Waals surface area contributed by atoms with Crippen molar-refractivity contribution >= 4 is 44.6 Å². The van der Waals surface area contributed by atoms with Gasteiger partial charge in [0.15, 0.2) is 0 Å². The molecule has 0 saturated heterocycles. The van der Waals surface area contributed by atoms with Crippen LogP contribution in [0.25, 0.3) is 49.9 Å². The Balaban J connectivity index is 1.03. The summed E-state index contributed by atoms with van der Waals surface area (Å²) in [6.07, 6.45) is 0.250. The van der Waals surface area contributed by atoms with Gasteiger partial charge in [-0.2, -0.15) is 0 Å². The van der Waals surface area contributed by atoms with E-state index >= 15 is 0 Å². The highest BCUT2D eigenvalue weighted by Gasteiger charge is 2.38. The first-order valence-electron chi connectivity index (χ1n) is 27.9. The molecule has 3 heterocycles. The smallest absolute Gasteiger partial charge is 0.137 e. The third-order valence-electron chi connectivity index (χ3n) is 13.9. The first kappa shape index (κ1) is 36.9. The van der Waals surface area contributed by atoms with Gasteiger partial charge >= 0.3 is 0 Å². The van der Waals surface area contributed by atoms with Gasteiger partial charge in [0.05, 0.1) is 32.2 Å². The summed E-state index contributed by atoms with van der Waals surface area (Å²) in [4.78, 5) is 9.27. The highest BCUT2D eigenvalue weighted by Crippen LogP contribution is 2.52. The zero-order valence-corrected chi connectivity index (χ0v) is 40.9. The molecule has 2 aliphatic rings. The molecule has 0 radical (unpaired) electrons. The summed E-state index contributed by atoms with van der Waals surface area (Å²) in [7, 11) is 0. The predicted octanol–water partition coefficient (Wildman–Crippen LogP) is 17.3. The van der Waals surface area contributed by atoms with E-state index in [0.717, 1.165) is 79.7 Å². The van der Waals surface area contributed by atoms with Crippen molar-refractivity contribution in [1.29, 1.82) is 0 Å². The lowest BCUT2D eigenvalue weighted by atomic mass is 9.63. The number of aromatic nitrogens is 2. The Bertz CT molecular complexity index is 3760.